The van der Waals surface area contributed by atoms with E-state index in [1.165, 1.54) is 4.90 Å². The van der Waals surface area contributed by atoms with Crippen LogP contribution in [-0.2, 0) is 26.1 Å². The van der Waals surface area contributed by atoms with Crippen molar-refractivity contribution in [2.24, 2.45) is 5.14 Å². The molecule has 13 nitrogen and oxygen atoms in total. The quantitative estimate of drug-likeness (QED) is 0.271. The van der Waals surface area contributed by atoms with Crippen LogP contribution in [0.2, 0.25) is 0 Å². The standard InChI is InChI=1S/C26H30N6O7S2/c1-2-29(17-19-8-10-28-11-9-19)24(33)21(20-6-4-3-5-7-20)18-39-26(34)31-14-12-30(13-15-31)25-22(32(35)36)16-23(40-25)41(27,37)38/h3-11,16,21H,2,12-15,17-18H2,1H3,(H2,27,37,38). The molecule has 1 aliphatic heterocycles. The van der Waals surface area contributed by atoms with Gasteiger partial charge in [-0.25, -0.2) is 18.4 Å². The molecule has 0 spiro atoms. The van der Waals surface area contributed by atoms with Crippen LogP contribution >= 0.6 is 11.3 Å². The molecule has 1 fully saturated rings. The number of anilines is 1. The van der Waals surface area contributed by atoms with Crippen LogP contribution in [0.1, 0.15) is 24.0 Å². The van der Waals surface area contributed by atoms with Crippen LogP contribution in [0.25, 0.3) is 0 Å². The molecule has 3 heterocycles. The highest BCUT2D eigenvalue weighted by atomic mass is 32.2. The lowest BCUT2D eigenvalue weighted by molar-refractivity contribution is -0.383. The van der Waals surface area contributed by atoms with Gasteiger partial charge < -0.3 is 19.4 Å². The molecule has 0 aliphatic carbocycles. The van der Waals surface area contributed by atoms with Gasteiger partial charge in [0.2, 0.25) is 15.9 Å². The summed E-state index contributed by atoms with van der Waals surface area (Å²) in [5.41, 5.74) is 1.30. The molecule has 15 heteroatoms. The molecule has 1 unspecified atom stereocenters. The van der Waals surface area contributed by atoms with Crippen LogP contribution in [0.3, 0.4) is 0 Å². The second-order valence-corrected chi connectivity index (χ2v) is 12.1. The summed E-state index contributed by atoms with van der Waals surface area (Å²) in [6.07, 6.45) is 2.72. The monoisotopic (exact) mass is 602 g/mol. The highest BCUT2D eigenvalue weighted by molar-refractivity contribution is 7.91. The minimum Gasteiger partial charge on any atom is -0.448 e. The van der Waals surface area contributed by atoms with E-state index in [-0.39, 0.29) is 53.6 Å². The van der Waals surface area contributed by atoms with E-state index >= 15 is 0 Å². The number of piperazine rings is 1. The summed E-state index contributed by atoms with van der Waals surface area (Å²) < 4.78 is 28.8. The number of thiophene rings is 1. The SMILES string of the molecule is CCN(Cc1ccncc1)C(=O)C(COC(=O)N1CCN(c2sc(S(N)(=O)=O)cc2[N+](=O)[O-])CC1)c1ccccc1. The molecule has 4 rings (SSSR count). The van der Waals surface area contributed by atoms with Gasteiger partial charge in [0.1, 0.15) is 10.8 Å². The Morgan fingerprint density at radius 3 is 2.39 bits per heavy atom. The molecule has 0 saturated carbocycles. The normalized spacial score (nSPS) is 14.4. The van der Waals surface area contributed by atoms with E-state index in [0.29, 0.717) is 13.1 Å². The number of likely N-dealkylation sites (N-methyl/N-ethyl adjacent to an activating group) is 1. The Bertz CT molecular complexity index is 1480. The predicted octanol–water partition coefficient (Wildman–Crippen LogP) is 2.79. The average Bonchev–Trinajstić information content (AvgIpc) is 3.44. The van der Waals surface area contributed by atoms with Crippen molar-refractivity contribution in [2.75, 3.05) is 44.2 Å². The van der Waals surface area contributed by atoms with Crippen molar-refractivity contribution in [1.82, 2.24) is 14.8 Å². The summed E-state index contributed by atoms with van der Waals surface area (Å²) in [4.78, 5) is 46.3. The molecular weight excluding hydrogens is 572 g/mol. The molecule has 2 aromatic heterocycles. The number of hydrogen-bond acceptors (Lipinski definition) is 10. The van der Waals surface area contributed by atoms with Gasteiger partial charge in [-0.1, -0.05) is 41.7 Å². The van der Waals surface area contributed by atoms with Gasteiger partial charge in [0.05, 0.1) is 10.8 Å². The van der Waals surface area contributed by atoms with Crippen molar-refractivity contribution >= 4 is 44.0 Å². The number of primary sulfonamides is 1. The molecule has 3 aromatic rings. The number of amides is 2. The van der Waals surface area contributed by atoms with Gasteiger partial charge in [0.25, 0.3) is 0 Å². The van der Waals surface area contributed by atoms with Crippen LogP contribution in [0.4, 0.5) is 15.5 Å². The fraction of sp³-hybridized carbons (Fsp3) is 0.346. The first-order valence-corrected chi connectivity index (χ1v) is 15.1. The van der Waals surface area contributed by atoms with E-state index < -0.39 is 27.0 Å². The first kappa shape index (κ1) is 29.9. The Labute approximate surface area is 241 Å². The third-order valence-corrected chi connectivity index (χ3v) is 9.27. The number of rotatable bonds is 10. The number of carbonyl (C=O) groups excluding carboxylic acids is 2. The molecule has 2 N–H and O–H groups in total. The van der Waals surface area contributed by atoms with Crippen molar-refractivity contribution in [1.29, 1.82) is 0 Å². The molecular formula is C26H30N6O7S2. The number of hydrogen-bond donors (Lipinski definition) is 1. The van der Waals surface area contributed by atoms with Crippen LogP contribution in [0.5, 0.6) is 0 Å². The zero-order chi connectivity index (χ0) is 29.6. The summed E-state index contributed by atoms with van der Waals surface area (Å²) in [5, 5.41) is 16.8. The number of sulfonamides is 1. The first-order valence-electron chi connectivity index (χ1n) is 12.8. The van der Waals surface area contributed by atoms with Gasteiger partial charge in [-0.15, -0.1) is 0 Å². The number of nitro groups is 1. The number of nitrogens with zero attached hydrogens (tertiary/aromatic N) is 5. The van der Waals surface area contributed by atoms with E-state index in [1.807, 2.05) is 49.4 Å². The topological polar surface area (TPSA) is 169 Å². The van der Waals surface area contributed by atoms with Gasteiger partial charge in [0.15, 0.2) is 5.00 Å². The zero-order valence-corrected chi connectivity index (χ0v) is 23.9. The van der Waals surface area contributed by atoms with Crippen LogP contribution in [0, 0.1) is 10.1 Å². The van der Waals surface area contributed by atoms with E-state index in [0.717, 1.165) is 28.5 Å². The molecule has 0 radical (unpaired) electrons. The minimum atomic E-state index is -4.10. The summed E-state index contributed by atoms with van der Waals surface area (Å²) in [6, 6.07) is 13.8. The largest absolute Gasteiger partial charge is 0.448 e. The van der Waals surface area contributed by atoms with Gasteiger partial charge in [-0.3, -0.25) is 19.9 Å². The predicted molar refractivity (Wildman–Crippen MR) is 152 cm³/mol. The first-order chi connectivity index (χ1) is 19.6. The van der Waals surface area contributed by atoms with Gasteiger partial charge in [0, 0.05) is 57.7 Å². The van der Waals surface area contributed by atoms with E-state index in [9.17, 15) is 28.1 Å². The Morgan fingerprint density at radius 1 is 1.15 bits per heavy atom. The second-order valence-electron chi connectivity index (χ2n) is 9.28. The van der Waals surface area contributed by atoms with Crippen LogP contribution < -0.4 is 10.0 Å². The van der Waals surface area contributed by atoms with Crippen molar-refractivity contribution in [3.63, 3.8) is 0 Å². The number of benzene rings is 1. The highest BCUT2D eigenvalue weighted by Crippen LogP contribution is 2.39. The lowest BCUT2D eigenvalue weighted by Gasteiger charge is -2.34. The van der Waals surface area contributed by atoms with Crippen molar-refractivity contribution in [3.8, 4) is 0 Å². The molecule has 41 heavy (non-hydrogen) atoms. The molecule has 2 amide bonds. The summed E-state index contributed by atoms with van der Waals surface area (Å²) in [6.45, 7) is 3.38. The van der Waals surface area contributed by atoms with Gasteiger partial charge in [-0.05, 0) is 30.2 Å². The molecule has 1 saturated heterocycles. The Hall–Kier alpha value is -4.08. The molecule has 0 bridgehead atoms. The number of pyridine rings is 1. The molecule has 1 aliphatic rings. The average molecular weight is 603 g/mol. The fourth-order valence-electron chi connectivity index (χ4n) is 4.46. The van der Waals surface area contributed by atoms with E-state index in [4.69, 9.17) is 9.88 Å². The van der Waals surface area contributed by atoms with Crippen molar-refractivity contribution in [3.05, 3.63) is 82.2 Å². The third kappa shape index (κ3) is 7.36. The molecule has 1 atom stereocenters. The van der Waals surface area contributed by atoms with Crippen LogP contribution in [0.15, 0.2) is 65.1 Å². The van der Waals surface area contributed by atoms with Gasteiger partial charge >= 0.3 is 11.8 Å². The van der Waals surface area contributed by atoms with Crippen molar-refractivity contribution < 1.29 is 27.7 Å². The number of ether oxygens (including phenoxy) is 1. The second kappa shape index (κ2) is 13.1. The number of nitrogens with two attached hydrogens (primary N) is 1. The fourth-order valence-corrected chi connectivity index (χ4v) is 6.34. The van der Waals surface area contributed by atoms with E-state index in [1.54, 1.807) is 22.2 Å². The lowest BCUT2D eigenvalue weighted by Crippen LogP contribution is -2.49. The summed E-state index contributed by atoms with van der Waals surface area (Å²) in [5.74, 6) is -0.891. The minimum absolute atomic E-state index is 0.163. The summed E-state index contributed by atoms with van der Waals surface area (Å²) in [7, 11) is -4.10. The zero-order valence-electron chi connectivity index (χ0n) is 22.3. The van der Waals surface area contributed by atoms with Crippen molar-refractivity contribution in [2.45, 2.75) is 23.6 Å². The maximum absolute atomic E-state index is 13.6. The van der Waals surface area contributed by atoms with E-state index in [2.05, 4.69) is 4.98 Å². The number of aromatic nitrogens is 1. The Balaban J connectivity index is 1.41. The lowest BCUT2D eigenvalue weighted by atomic mass is 9.98. The maximum Gasteiger partial charge on any atom is 0.409 e. The maximum atomic E-state index is 13.6. The Morgan fingerprint density at radius 2 is 1.80 bits per heavy atom. The van der Waals surface area contributed by atoms with Crippen LogP contribution in [-0.4, -0.2) is 79.5 Å². The van der Waals surface area contributed by atoms with Gasteiger partial charge in [-0.2, -0.15) is 0 Å². The molecule has 1 aromatic carbocycles. The Kier molecular flexibility index (Phi) is 9.52. The smallest absolute Gasteiger partial charge is 0.409 e. The highest BCUT2D eigenvalue weighted by Gasteiger charge is 2.32. The molecule has 218 valence electrons. The third-order valence-electron chi connectivity index (χ3n) is 6.66. The number of carbonyl (C=O) groups is 2. The summed E-state index contributed by atoms with van der Waals surface area (Å²) >= 11 is 0.722.